The third kappa shape index (κ3) is 5.49. The first kappa shape index (κ1) is 17.7. The highest BCUT2D eigenvalue weighted by Crippen LogP contribution is 2.24. The maximum Gasteiger partial charge on any atom is 0.229 e. The summed E-state index contributed by atoms with van der Waals surface area (Å²) in [6.07, 6.45) is 1.26. The van der Waals surface area contributed by atoms with Gasteiger partial charge in [-0.25, -0.2) is 13.1 Å². The Morgan fingerprint density at radius 3 is 2.83 bits per heavy atom. The number of hydrogen-bond acceptors (Lipinski definition) is 4. The fraction of sp³-hybridized carbons (Fsp3) is 0.429. The monoisotopic (exact) mass is 359 g/mol. The number of sulfonamides is 1. The highest BCUT2D eigenvalue weighted by atomic mass is 35.5. The van der Waals surface area contributed by atoms with E-state index in [0.29, 0.717) is 17.3 Å². The van der Waals surface area contributed by atoms with Crippen molar-refractivity contribution in [1.29, 1.82) is 0 Å². The van der Waals surface area contributed by atoms with Crippen molar-refractivity contribution in [2.75, 3.05) is 24.2 Å². The van der Waals surface area contributed by atoms with Crippen LogP contribution in [0, 0.1) is 0 Å². The molecular formula is C14H18ClN3O4S. The van der Waals surface area contributed by atoms with Gasteiger partial charge in [0.2, 0.25) is 21.8 Å². The minimum Gasteiger partial charge on any atom is -0.351 e. The van der Waals surface area contributed by atoms with E-state index >= 15 is 0 Å². The van der Waals surface area contributed by atoms with Crippen LogP contribution in [0.3, 0.4) is 0 Å². The minimum absolute atomic E-state index is 0.0227. The van der Waals surface area contributed by atoms with Crippen LogP contribution in [0.5, 0.6) is 0 Å². The van der Waals surface area contributed by atoms with Crippen LogP contribution in [0.15, 0.2) is 24.3 Å². The van der Waals surface area contributed by atoms with Gasteiger partial charge in [0.15, 0.2) is 0 Å². The van der Waals surface area contributed by atoms with Crippen molar-refractivity contribution in [3.05, 3.63) is 29.3 Å². The van der Waals surface area contributed by atoms with Gasteiger partial charge in [-0.05, 0) is 18.2 Å². The van der Waals surface area contributed by atoms with Crippen LogP contribution in [-0.4, -0.2) is 45.6 Å². The first-order valence-electron chi connectivity index (χ1n) is 7.04. The smallest absolute Gasteiger partial charge is 0.229 e. The van der Waals surface area contributed by atoms with Gasteiger partial charge in [-0.15, -0.1) is 0 Å². The zero-order valence-corrected chi connectivity index (χ0v) is 14.2. The molecular weight excluding hydrogens is 342 g/mol. The van der Waals surface area contributed by atoms with Gasteiger partial charge in [0.1, 0.15) is 0 Å². The second-order valence-corrected chi connectivity index (χ2v) is 7.64. The summed E-state index contributed by atoms with van der Waals surface area (Å²) in [6.45, 7) is 0.397. The second kappa shape index (κ2) is 7.29. The summed E-state index contributed by atoms with van der Waals surface area (Å²) >= 11 is 5.92. The van der Waals surface area contributed by atoms with Crippen LogP contribution in [0.4, 0.5) is 5.69 Å². The molecule has 1 fully saturated rings. The molecule has 1 aliphatic heterocycles. The van der Waals surface area contributed by atoms with Crippen molar-refractivity contribution < 1.29 is 18.0 Å². The first-order valence-corrected chi connectivity index (χ1v) is 9.31. The summed E-state index contributed by atoms with van der Waals surface area (Å²) in [4.78, 5) is 25.4. The molecule has 0 spiro atoms. The number of rotatable bonds is 6. The zero-order chi connectivity index (χ0) is 17.0. The van der Waals surface area contributed by atoms with E-state index < -0.39 is 10.0 Å². The van der Waals surface area contributed by atoms with Gasteiger partial charge in [-0.3, -0.25) is 9.59 Å². The van der Waals surface area contributed by atoms with Crippen LogP contribution in [-0.2, 0) is 19.6 Å². The largest absolute Gasteiger partial charge is 0.351 e. The van der Waals surface area contributed by atoms with E-state index in [0.717, 1.165) is 6.26 Å². The average molecular weight is 360 g/mol. The molecule has 2 rings (SSSR count). The van der Waals surface area contributed by atoms with Gasteiger partial charge in [0.25, 0.3) is 0 Å². The van der Waals surface area contributed by atoms with E-state index in [4.69, 9.17) is 11.6 Å². The van der Waals surface area contributed by atoms with Crippen LogP contribution in [0.1, 0.15) is 12.8 Å². The Hall–Kier alpha value is -1.64. The highest BCUT2D eigenvalue weighted by molar-refractivity contribution is 7.88. The summed E-state index contributed by atoms with van der Waals surface area (Å²) in [5, 5.41) is 3.28. The lowest BCUT2D eigenvalue weighted by molar-refractivity contribution is -0.121. The number of anilines is 1. The van der Waals surface area contributed by atoms with E-state index in [1.54, 1.807) is 29.2 Å². The number of carbonyl (C=O) groups is 2. The molecule has 23 heavy (non-hydrogen) atoms. The second-order valence-electron chi connectivity index (χ2n) is 5.37. The Kier molecular flexibility index (Phi) is 5.61. The van der Waals surface area contributed by atoms with Gasteiger partial charge in [-0.1, -0.05) is 17.7 Å². The fourth-order valence-corrected chi connectivity index (χ4v) is 3.01. The summed E-state index contributed by atoms with van der Waals surface area (Å²) in [5.74, 6) is -0.390. The molecule has 0 bridgehead atoms. The van der Waals surface area contributed by atoms with Crippen molar-refractivity contribution in [2.24, 2.45) is 0 Å². The molecule has 2 N–H and O–H groups in total. The molecule has 0 aromatic heterocycles. The lowest BCUT2D eigenvalue weighted by atomic mass is 10.2. The fourth-order valence-electron chi connectivity index (χ4n) is 2.35. The number of amides is 2. The molecule has 1 atom stereocenters. The lowest BCUT2D eigenvalue weighted by Gasteiger charge is -2.17. The Balaban J connectivity index is 1.86. The standard InChI is InChI=1S/C14H18ClN3O4S/c1-23(21,22)16-6-5-13(19)17-11-8-14(20)18(9-11)12-4-2-3-10(15)7-12/h2-4,7,11,16H,5-6,8-9H2,1H3,(H,17,19). The molecule has 1 heterocycles. The molecule has 1 saturated heterocycles. The Morgan fingerprint density at radius 2 is 2.17 bits per heavy atom. The predicted octanol–water partition coefficient (Wildman–Crippen LogP) is 0.501. The van der Waals surface area contributed by atoms with Crippen LogP contribution in [0.25, 0.3) is 0 Å². The number of benzene rings is 1. The van der Waals surface area contributed by atoms with E-state index in [-0.39, 0.29) is 37.2 Å². The molecule has 126 valence electrons. The lowest BCUT2D eigenvalue weighted by Crippen LogP contribution is -2.38. The number of nitrogens with one attached hydrogen (secondary N) is 2. The summed E-state index contributed by atoms with van der Waals surface area (Å²) < 4.78 is 24.1. The zero-order valence-electron chi connectivity index (χ0n) is 12.6. The van der Waals surface area contributed by atoms with Gasteiger partial charge in [-0.2, -0.15) is 0 Å². The molecule has 0 saturated carbocycles. The van der Waals surface area contributed by atoms with Crippen molar-refractivity contribution in [3.8, 4) is 0 Å². The molecule has 9 heteroatoms. The first-order chi connectivity index (χ1) is 10.7. The predicted molar refractivity (Wildman–Crippen MR) is 87.8 cm³/mol. The molecule has 1 aromatic carbocycles. The third-order valence-corrected chi connectivity index (χ3v) is 4.29. The van der Waals surface area contributed by atoms with Crippen LogP contribution < -0.4 is 14.9 Å². The summed E-state index contributed by atoms with van der Waals surface area (Å²) in [7, 11) is -3.31. The van der Waals surface area contributed by atoms with Gasteiger partial charge in [0, 0.05) is 36.6 Å². The van der Waals surface area contributed by atoms with E-state index in [1.165, 1.54) is 0 Å². The van der Waals surface area contributed by atoms with E-state index in [2.05, 4.69) is 10.0 Å². The highest BCUT2D eigenvalue weighted by Gasteiger charge is 2.31. The van der Waals surface area contributed by atoms with Gasteiger partial charge in [0.05, 0.1) is 12.3 Å². The maximum absolute atomic E-state index is 12.1. The number of hydrogen-bond donors (Lipinski definition) is 2. The normalized spacial score (nSPS) is 18.3. The topological polar surface area (TPSA) is 95.6 Å². The Labute approximate surface area is 140 Å². The van der Waals surface area contributed by atoms with Gasteiger partial charge >= 0.3 is 0 Å². The summed E-state index contributed by atoms with van der Waals surface area (Å²) in [5.41, 5.74) is 0.693. The minimum atomic E-state index is -3.31. The SMILES string of the molecule is CS(=O)(=O)NCCC(=O)NC1CC(=O)N(c2cccc(Cl)c2)C1. The summed E-state index contributed by atoms with van der Waals surface area (Å²) in [6, 6.07) is 6.66. The molecule has 1 unspecified atom stereocenters. The van der Waals surface area contributed by atoms with Gasteiger partial charge < -0.3 is 10.2 Å². The van der Waals surface area contributed by atoms with Crippen LogP contribution in [0.2, 0.25) is 5.02 Å². The number of halogens is 1. The van der Waals surface area contributed by atoms with E-state index in [1.807, 2.05) is 0 Å². The average Bonchev–Trinajstić information content (AvgIpc) is 2.78. The van der Waals surface area contributed by atoms with E-state index in [9.17, 15) is 18.0 Å². The molecule has 1 aliphatic rings. The molecule has 7 nitrogen and oxygen atoms in total. The van der Waals surface area contributed by atoms with Crippen molar-refractivity contribution >= 4 is 39.1 Å². The van der Waals surface area contributed by atoms with Crippen molar-refractivity contribution in [1.82, 2.24) is 10.0 Å². The van der Waals surface area contributed by atoms with Crippen molar-refractivity contribution in [2.45, 2.75) is 18.9 Å². The van der Waals surface area contributed by atoms with Crippen molar-refractivity contribution in [3.63, 3.8) is 0 Å². The molecule has 2 amide bonds. The Bertz CT molecular complexity index is 708. The molecule has 1 aromatic rings. The molecule has 0 radical (unpaired) electrons. The maximum atomic E-state index is 12.1. The Morgan fingerprint density at radius 1 is 1.43 bits per heavy atom. The van der Waals surface area contributed by atoms with Crippen LogP contribution >= 0.6 is 11.6 Å². The third-order valence-electron chi connectivity index (χ3n) is 3.33. The number of nitrogens with zero attached hydrogens (tertiary/aromatic N) is 1. The quantitative estimate of drug-likeness (QED) is 0.773. The number of carbonyl (C=O) groups excluding carboxylic acids is 2. The molecule has 0 aliphatic carbocycles.